The summed E-state index contributed by atoms with van der Waals surface area (Å²) in [5.41, 5.74) is 1.59. The van der Waals surface area contributed by atoms with Crippen LogP contribution in [0.2, 0.25) is 0 Å². The van der Waals surface area contributed by atoms with Crippen molar-refractivity contribution in [1.29, 1.82) is 5.26 Å². The molecule has 0 radical (unpaired) electrons. The summed E-state index contributed by atoms with van der Waals surface area (Å²) in [5.74, 6) is -0.317. The lowest BCUT2D eigenvalue weighted by Gasteiger charge is -1.92. The number of amides is 1. The fourth-order valence-electron chi connectivity index (χ4n) is 1.26. The first-order valence-corrected chi connectivity index (χ1v) is 3.70. The SMILES string of the molecule is N#CN=C1C(=O)Nc2ccccc21. The number of rotatable bonds is 0. The van der Waals surface area contributed by atoms with Crippen LogP contribution in [0.3, 0.4) is 0 Å². The highest BCUT2D eigenvalue weighted by Crippen LogP contribution is 2.22. The molecule has 1 aliphatic heterocycles. The van der Waals surface area contributed by atoms with E-state index < -0.39 is 0 Å². The molecule has 4 heteroatoms. The van der Waals surface area contributed by atoms with E-state index in [1.165, 1.54) is 0 Å². The Kier molecular flexibility index (Phi) is 1.57. The molecule has 0 spiro atoms. The summed E-state index contributed by atoms with van der Waals surface area (Å²) in [7, 11) is 0. The van der Waals surface area contributed by atoms with Gasteiger partial charge in [-0.05, 0) is 6.07 Å². The van der Waals surface area contributed by atoms with Crippen molar-refractivity contribution in [2.24, 2.45) is 4.99 Å². The van der Waals surface area contributed by atoms with Gasteiger partial charge >= 0.3 is 0 Å². The summed E-state index contributed by atoms with van der Waals surface area (Å²) in [5, 5.41) is 11.0. The number of nitriles is 1. The number of fused-ring (bicyclic) bond motifs is 1. The predicted molar refractivity (Wildman–Crippen MR) is 47.2 cm³/mol. The Morgan fingerprint density at radius 1 is 1.38 bits per heavy atom. The number of aliphatic imine (C=N–C) groups is 1. The van der Waals surface area contributed by atoms with Crippen LogP contribution < -0.4 is 5.32 Å². The molecule has 4 nitrogen and oxygen atoms in total. The molecule has 2 rings (SSSR count). The molecule has 1 aromatic carbocycles. The van der Waals surface area contributed by atoms with Crippen LogP contribution >= 0.6 is 0 Å². The minimum absolute atomic E-state index is 0.193. The molecule has 0 aromatic heterocycles. The average Bonchev–Trinajstić information content (AvgIpc) is 2.44. The first kappa shape index (κ1) is 7.50. The second kappa shape index (κ2) is 2.72. The molecule has 13 heavy (non-hydrogen) atoms. The van der Waals surface area contributed by atoms with Crippen LogP contribution in [0, 0.1) is 11.5 Å². The van der Waals surface area contributed by atoms with E-state index in [0.717, 1.165) is 0 Å². The lowest BCUT2D eigenvalue weighted by Crippen LogP contribution is -2.13. The Morgan fingerprint density at radius 3 is 2.92 bits per heavy atom. The highest BCUT2D eigenvalue weighted by atomic mass is 16.2. The summed E-state index contributed by atoms with van der Waals surface area (Å²) in [6.45, 7) is 0. The number of nitrogens with one attached hydrogen (secondary N) is 1. The molecule has 1 heterocycles. The Balaban J connectivity index is 2.61. The Morgan fingerprint density at radius 2 is 2.15 bits per heavy atom. The molecular formula is C9H5N3O. The third kappa shape index (κ3) is 1.07. The van der Waals surface area contributed by atoms with Crippen LogP contribution in [0.5, 0.6) is 0 Å². The van der Waals surface area contributed by atoms with Gasteiger partial charge in [0.05, 0.1) is 5.69 Å². The third-order valence-electron chi connectivity index (χ3n) is 1.81. The number of carbonyl (C=O) groups excluding carboxylic acids is 1. The van der Waals surface area contributed by atoms with Gasteiger partial charge in [0.2, 0.25) is 6.19 Å². The lowest BCUT2D eigenvalue weighted by atomic mass is 10.1. The Labute approximate surface area is 74.5 Å². The van der Waals surface area contributed by atoms with Crippen molar-refractivity contribution in [2.45, 2.75) is 0 Å². The molecule has 0 aliphatic carbocycles. The number of para-hydroxylation sites is 1. The smallest absolute Gasteiger partial charge is 0.275 e. The minimum Gasteiger partial charge on any atom is -0.320 e. The summed E-state index contributed by atoms with van der Waals surface area (Å²) in [6.07, 6.45) is 1.61. The Hall–Kier alpha value is -2.15. The fraction of sp³-hybridized carbons (Fsp3) is 0. The van der Waals surface area contributed by atoms with Gasteiger partial charge in [-0.3, -0.25) is 4.79 Å². The van der Waals surface area contributed by atoms with Gasteiger partial charge in [-0.1, -0.05) is 18.2 Å². The monoisotopic (exact) mass is 171 g/mol. The first-order chi connectivity index (χ1) is 6.33. The van der Waals surface area contributed by atoms with Crippen molar-refractivity contribution in [3.8, 4) is 6.19 Å². The number of hydrogen-bond acceptors (Lipinski definition) is 3. The Bertz CT molecular complexity index is 442. The molecule has 0 bridgehead atoms. The predicted octanol–water partition coefficient (Wildman–Crippen LogP) is 0.909. The maximum atomic E-state index is 11.2. The normalized spacial score (nSPS) is 16.5. The number of nitrogens with zero attached hydrogens (tertiary/aromatic N) is 2. The van der Waals surface area contributed by atoms with Crippen molar-refractivity contribution in [1.82, 2.24) is 0 Å². The van der Waals surface area contributed by atoms with E-state index in [0.29, 0.717) is 11.3 Å². The molecular weight excluding hydrogens is 166 g/mol. The van der Waals surface area contributed by atoms with Gasteiger partial charge < -0.3 is 5.32 Å². The third-order valence-corrected chi connectivity index (χ3v) is 1.81. The van der Waals surface area contributed by atoms with Crippen molar-refractivity contribution < 1.29 is 4.79 Å². The largest absolute Gasteiger partial charge is 0.320 e. The molecule has 1 aromatic rings. The highest BCUT2D eigenvalue weighted by molar-refractivity contribution is 6.53. The second-order valence-electron chi connectivity index (χ2n) is 2.56. The maximum absolute atomic E-state index is 11.2. The maximum Gasteiger partial charge on any atom is 0.275 e. The fourth-order valence-corrected chi connectivity index (χ4v) is 1.26. The quantitative estimate of drug-likeness (QED) is 0.589. The summed E-state index contributed by atoms with van der Waals surface area (Å²) < 4.78 is 0. The molecule has 0 fully saturated rings. The van der Waals surface area contributed by atoms with Gasteiger partial charge in [-0.25, -0.2) is 0 Å². The minimum atomic E-state index is -0.317. The zero-order chi connectivity index (χ0) is 9.26. The lowest BCUT2D eigenvalue weighted by molar-refractivity contribution is -0.110. The summed E-state index contributed by atoms with van der Waals surface area (Å²) in [4.78, 5) is 14.7. The number of benzene rings is 1. The number of anilines is 1. The van der Waals surface area contributed by atoms with E-state index >= 15 is 0 Å². The molecule has 1 N–H and O–H groups in total. The summed E-state index contributed by atoms with van der Waals surface area (Å²) >= 11 is 0. The van der Waals surface area contributed by atoms with E-state index in [1.807, 2.05) is 6.07 Å². The molecule has 1 aliphatic rings. The van der Waals surface area contributed by atoms with Crippen LogP contribution in [0.1, 0.15) is 5.56 Å². The van der Waals surface area contributed by atoms with Crippen LogP contribution in [-0.2, 0) is 4.79 Å². The van der Waals surface area contributed by atoms with Gasteiger partial charge in [0, 0.05) is 5.56 Å². The van der Waals surface area contributed by atoms with Gasteiger partial charge in [0.1, 0.15) is 0 Å². The second-order valence-corrected chi connectivity index (χ2v) is 2.56. The van der Waals surface area contributed by atoms with Crippen molar-refractivity contribution >= 4 is 17.3 Å². The zero-order valence-electron chi connectivity index (χ0n) is 6.61. The molecule has 0 saturated heterocycles. The van der Waals surface area contributed by atoms with Crippen molar-refractivity contribution in [3.05, 3.63) is 29.8 Å². The van der Waals surface area contributed by atoms with Gasteiger partial charge in [0.15, 0.2) is 5.71 Å². The van der Waals surface area contributed by atoms with Gasteiger partial charge in [-0.2, -0.15) is 10.3 Å². The van der Waals surface area contributed by atoms with E-state index in [9.17, 15) is 4.79 Å². The van der Waals surface area contributed by atoms with Crippen LogP contribution in [0.15, 0.2) is 29.3 Å². The van der Waals surface area contributed by atoms with Crippen molar-refractivity contribution in [3.63, 3.8) is 0 Å². The van der Waals surface area contributed by atoms with E-state index in [4.69, 9.17) is 5.26 Å². The van der Waals surface area contributed by atoms with E-state index in [1.54, 1.807) is 24.4 Å². The van der Waals surface area contributed by atoms with Crippen LogP contribution in [0.25, 0.3) is 0 Å². The van der Waals surface area contributed by atoms with Crippen molar-refractivity contribution in [2.75, 3.05) is 5.32 Å². The molecule has 0 unspecified atom stereocenters. The van der Waals surface area contributed by atoms with Gasteiger partial charge in [0.25, 0.3) is 5.91 Å². The van der Waals surface area contributed by atoms with Crippen LogP contribution in [0.4, 0.5) is 5.69 Å². The van der Waals surface area contributed by atoms with E-state index in [2.05, 4.69) is 10.3 Å². The first-order valence-electron chi connectivity index (χ1n) is 3.70. The highest BCUT2D eigenvalue weighted by Gasteiger charge is 2.24. The zero-order valence-corrected chi connectivity index (χ0v) is 6.61. The molecule has 1 amide bonds. The van der Waals surface area contributed by atoms with E-state index in [-0.39, 0.29) is 11.6 Å². The molecule has 62 valence electrons. The van der Waals surface area contributed by atoms with Gasteiger partial charge in [-0.15, -0.1) is 0 Å². The topological polar surface area (TPSA) is 65.2 Å². The average molecular weight is 171 g/mol. The number of hydrogen-bond donors (Lipinski definition) is 1. The number of carbonyl (C=O) groups is 1. The molecule has 0 atom stereocenters. The standard InChI is InChI=1S/C9H5N3O/c10-5-11-8-6-3-1-2-4-7(6)12-9(8)13/h1-4H,(H,11,12,13). The summed E-state index contributed by atoms with van der Waals surface area (Å²) in [6, 6.07) is 7.14. The van der Waals surface area contributed by atoms with Crippen LogP contribution in [-0.4, -0.2) is 11.6 Å². The molecule has 0 saturated carbocycles.